The molecule has 0 aliphatic rings. The Kier molecular flexibility index (Phi) is 6.31. The molecule has 2 aromatic rings. The SMILES string of the molecule is Cc1nccn1-c1ccc(CNC(=O)NCC(O)CC(C)C)cn1. The summed E-state index contributed by atoms with van der Waals surface area (Å²) < 4.78 is 1.89. The lowest BCUT2D eigenvalue weighted by Crippen LogP contribution is -2.39. The first kappa shape index (κ1) is 17.9. The van der Waals surface area contributed by atoms with E-state index in [0.717, 1.165) is 17.2 Å². The van der Waals surface area contributed by atoms with Crippen LogP contribution in [-0.2, 0) is 6.54 Å². The van der Waals surface area contributed by atoms with E-state index in [9.17, 15) is 9.90 Å². The summed E-state index contributed by atoms with van der Waals surface area (Å²) in [6.45, 7) is 6.61. The van der Waals surface area contributed by atoms with Crippen molar-refractivity contribution in [2.45, 2.75) is 39.8 Å². The molecule has 130 valence electrons. The highest BCUT2D eigenvalue weighted by Gasteiger charge is 2.09. The van der Waals surface area contributed by atoms with E-state index in [4.69, 9.17) is 0 Å². The maximum atomic E-state index is 11.7. The molecule has 7 nitrogen and oxygen atoms in total. The summed E-state index contributed by atoms with van der Waals surface area (Å²) in [5.41, 5.74) is 0.898. The summed E-state index contributed by atoms with van der Waals surface area (Å²) in [4.78, 5) is 20.3. The van der Waals surface area contributed by atoms with Gasteiger partial charge in [0.2, 0.25) is 0 Å². The van der Waals surface area contributed by atoms with E-state index < -0.39 is 6.10 Å². The summed E-state index contributed by atoms with van der Waals surface area (Å²) in [5, 5.41) is 15.2. The fraction of sp³-hybridized carbons (Fsp3) is 0.471. The van der Waals surface area contributed by atoms with Gasteiger partial charge in [-0.15, -0.1) is 0 Å². The van der Waals surface area contributed by atoms with Crippen LogP contribution in [0.2, 0.25) is 0 Å². The van der Waals surface area contributed by atoms with Crippen LogP contribution in [-0.4, -0.2) is 38.3 Å². The second kappa shape index (κ2) is 8.44. The molecule has 0 aliphatic heterocycles. The quantitative estimate of drug-likeness (QED) is 0.721. The molecule has 0 aliphatic carbocycles. The zero-order chi connectivity index (χ0) is 17.5. The molecule has 0 radical (unpaired) electrons. The van der Waals surface area contributed by atoms with Crippen LogP contribution < -0.4 is 10.6 Å². The van der Waals surface area contributed by atoms with Crippen LogP contribution in [0.5, 0.6) is 0 Å². The number of carbonyl (C=O) groups excluding carboxylic acids is 1. The van der Waals surface area contributed by atoms with Gasteiger partial charge in [0.05, 0.1) is 6.10 Å². The lowest BCUT2D eigenvalue weighted by Gasteiger charge is -2.14. The molecule has 2 aromatic heterocycles. The monoisotopic (exact) mass is 331 g/mol. The molecule has 7 heteroatoms. The van der Waals surface area contributed by atoms with Crippen molar-refractivity contribution in [1.29, 1.82) is 0 Å². The molecule has 0 aromatic carbocycles. The van der Waals surface area contributed by atoms with Crippen molar-refractivity contribution in [3.8, 4) is 5.82 Å². The van der Waals surface area contributed by atoms with Crippen molar-refractivity contribution in [3.05, 3.63) is 42.1 Å². The molecule has 1 unspecified atom stereocenters. The van der Waals surface area contributed by atoms with E-state index in [-0.39, 0.29) is 12.6 Å². The Bertz CT molecular complexity index is 651. The number of aliphatic hydroxyl groups excluding tert-OH is 1. The van der Waals surface area contributed by atoms with Crippen molar-refractivity contribution in [2.24, 2.45) is 5.92 Å². The molecule has 2 rings (SSSR count). The number of rotatable bonds is 7. The Labute approximate surface area is 142 Å². The van der Waals surface area contributed by atoms with Crippen LogP contribution >= 0.6 is 0 Å². The second-order valence-corrected chi connectivity index (χ2v) is 6.22. The molecular formula is C17H25N5O2. The molecule has 0 saturated heterocycles. The zero-order valence-corrected chi connectivity index (χ0v) is 14.4. The Morgan fingerprint density at radius 3 is 2.67 bits per heavy atom. The smallest absolute Gasteiger partial charge is 0.315 e. The standard InChI is InChI=1S/C17H25N5O2/c1-12(2)8-15(23)11-21-17(24)20-10-14-4-5-16(19-9-14)22-7-6-18-13(22)3/h4-7,9,12,15,23H,8,10-11H2,1-3H3,(H2,20,21,24). The molecule has 2 amide bonds. The van der Waals surface area contributed by atoms with Crippen LogP contribution in [0.25, 0.3) is 5.82 Å². The predicted octanol–water partition coefficient (Wildman–Crippen LogP) is 1.78. The number of hydrogen-bond donors (Lipinski definition) is 3. The average Bonchev–Trinajstić information content (AvgIpc) is 2.97. The molecule has 0 bridgehead atoms. The van der Waals surface area contributed by atoms with Gasteiger partial charge in [0.15, 0.2) is 0 Å². The minimum absolute atomic E-state index is 0.251. The number of urea groups is 1. The number of nitrogens with one attached hydrogen (secondary N) is 2. The van der Waals surface area contributed by atoms with E-state index in [0.29, 0.717) is 18.9 Å². The van der Waals surface area contributed by atoms with Crippen LogP contribution in [0.3, 0.4) is 0 Å². The maximum absolute atomic E-state index is 11.7. The number of amides is 2. The van der Waals surface area contributed by atoms with Gasteiger partial charge in [0.1, 0.15) is 11.6 Å². The molecule has 0 saturated carbocycles. The topological polar surface area (TPSA) is 92.1 Å². The van der Waals surface area contributed by atoms with E-state index >= 15 is 0 Å². The molecule has 3 N–H and O–H groups in total. The third kappa shape index (κ3) is 5.34. The largest absolute Gasteiger partial charge is 0.391 e. The van der Waals surface area contributed by atoms with Gasteiger partial charge in [-0.05, 0) is 30.9 Å². The average molecular weight is 331 g/mol. The van der Waals surface area contributed by atoms with E-state index in [1.54, 1.807) is 12.4 Å². The third-order valence-corrected chi connectivity index (χ3v) is 3.58. The Balaban J connectivity index is 1.78. The number of imidazole rings is 1. The van der Waals surface area contributed by atoms with Crippen LogP contribution in [0.1, 0.15) is 31.7 Å². The summed E-state index contributed by atoms with van der Waals surface area (Å²) in [6.07, 6.45) is 5.45. The normalized spacial score (nSPS) is 12.2. The first-order valence-electron chi connectivity index (χ1n) is 8.10. The van der Waals surface area contributed by atoms with Gasteiger partial charge < -0.3 is 15.7 Å². The van der Waals surface area contributed by atoms with Gasteiger partial charge in [-0.25, -0.2) is 14.8 Å². The van der Waals surface area contributed by atoms with E-state index in [2.05, 4.69) is 20.6 Å². The van der Waals surface area contributed by atoms with Gasteiger partial charge >= 0.3 is 6.03 Å². The molecule has 24 heavy (non-hydrogen) atoms. The summed E-state index contributed by atoms with van der Waals surface area (Å²) in [5.74, 6) is 2.05. The minimum atomic E-state index is -0.518. The second-order valence-electron chi connectivity index (χ2n) is 6.22. The molecule has 0 fully saturated rings. The fourth-order valence-electron chi connectivity index (χ4n) is 2.37. The summed E-state index contributed by atoms with van der Waals surface area (Å²) >= 11 is 0. The number of carbonyl (C=O) groups is 1. The van der Waals surface area contributed by atoms with Crippen molar-refractivity contribution < 1.29 is 9.90 Å². The number of aromatic nitrogens is 3. The minimum Gasteiger partial charge on any atom is -0.391 e. The third-order valence-electron chi connectivity index (χ3n) is 3.58. The van der Waals surface area contributed by atoms with Crippen molar-refractivity contribution >= 4 is 6.03 Å². The predicted molar refractivity (Wildman–Crippen MR) is 91.8 cm³/mol. The highest BCUT2D eigenvalue weighted by Crippen LogP contribution is 2.08. The lowest BCUT2D eigenvalue weighted by molar-refractivity contribution is 0.147. The summed E-state index contributed by atoms with van der Waals surface area (Å²) in [7, 11) is 0. The van der Waals surface area contributed by atoms with Gasteiger partial charge in [-0.3, -0.25) is 4.57 Å². The first-order valence-corrected chi connectivity index (χ1v) is 8.10. The van der Waals surface area contributed by atoms with Crippen LogP contribution in [0.15, 0.2) is 30.7 Å². The first-order chi connectivity index (χ1) is 11.5. The van der Waals surface area contributed by atoms with Crippen molar-refractivity contribution in [1.82, 2.24) is 25.2 Å². The Morgan fingerprint density at radius 2 is 2.08 bits per heavy atom. The number of aliphatic hydroxyl groups is 1. The number of nitrogens with zero attached hydrogens (tertiary/aromatic N) is 3. The van der Waals surface area contributed by atoms with Gasteiger partial charge in [0, 0.05) is 31.7 Å². The number of aryl methyl sites for hydroxylation is 1. The molecular weight excluding hydrogens is 306 g/mol. The Hall–Kier alpha value is -2.41. The van der Waals surface area contributed by atoms with E-state index in [1.807, 2.05) is 43.7 Å². The summed E-state index contributed by atoms with van der Waals surface area (Å²) in [6, 6.07) is 3.50. The Morgan fingerprint density at radius 1 is 1.29 bits per heavy atom. The fourth-order valence-corrected chi connectivity index (χ4v) is 2.37. The molecule has 1 atom stereocenters. The van der Waals surface area contributed by atoms with Crippen LogP contribution in [0, 0.1) is 12.8 Å². The van der Waals surface area contributed by atoms with Gasteiger partial charge in [-0.2, -0.15) is 0 Å². The number of pyridine rings is 1. The molecule has 2 heterocycles. The highest BCUT2D eigenvalue weighted by atomic mass is 16.3. The zero-order valence-electron chi connectivity index (χ0n) is 14.4. The highest BCUT2D eigenvalue weighted by molar-refractivity contribution is 5.73. The lowest BCUT2D eigenvalue weighted by atomic mass is 10.1. The van der Waals surface area contributed by atoms with Crippen LogP contribution in [0.4, 0.5) is 4.79 Å². The van der Waals surface area contributed by atoms with E-state index in [1.165, 1.54) is 0 Å². The van der Waals surface area contributed by atoms with Crippen molar-refractivity contribution in [3.63, 3.8) is 0 Å². The van der Waals surface area contributed by atoms with Gasteiger partial charge in [-0.1, -0.05) is 19.9 Å². The number of hydrogen-bond acceptors (Lipinski definition) is 4. The molecule has 0 spiro atoms. The van der Waals surface area contributed by atoms with Crippen molar-refractivity contribution in [2.75, 3.05) is 6.54 Å². The maximum Gasteiger partial charge on any atom is 0.315 e. The van der Waals surface area contributed by atoms with Gasteiger partial charge in [0.25, 0.3) is 0 Å².